The van der Waals surface area contributed by atoms with Gasteiger partial charge in [0.2, 0.25) is 0 Å². The Balaban J connectivity index is 1.65. The van der Waals surface area contributed by atoms with Crippen LogP contribution in [0.3, 0.4) is 0 Å². The van der Waals surface area contributed by atoms with Crippen LogP contribution in [0.15, 0.2) is 30.5 Å². The van der Waals surface area contributed by atoms with E-state index in [0.29, 0.717) is 22.3 Å². The molecular formula is C15H17ClF2N4. The van der Waals surface area contributed by atoms with Crippen molar-refractivity contribution < 1.29 is 8.78 Å². The van der Waals surface area contributed by atoms with Crippen LogP contribution in [0.4, 0.5) is 8.78 Å². The number of aromatic nitrogens is 3. The van der Waals surface area contributed by atoms with Gasteiger partial charge in [-0.1, -0.05) is 28.9 Å². The molecule has 3 rings (SSSR count). The molecule has 0 saturated heterocycles. The largest absolute Gasteiger partial charge is 0.299 e. The summed E-state index contributed by atoms with van der Waals surface area (Å²) in [5, 5.41) is 11.4. The predicted molar refractivity (Wildman–Crippen MR) is 79.9 cm³/mol. The minimum Gasteiger partial charge on any atom is -0.299 e. The van der Waals surface area contributed by atoms with Crippen molar-refractivity contribution in [3.63, 3.8) is 0 Å². The third-order valence-corrected chi connectivity index (χ3v) is 4.20. The van der Waals surface area contributed by atoms with E-state index in [1.165, 1.54) is 6.42 Å². The zero-order valence-corrected chi connectivity index (χ0v) is 12.7. The number of halogens is 3. The molecule has 7 heteroatoms. The van der Waals surface area contributed by atoms with E-state index in [2.05, 4.69) is 15.6 Å². The molecule has 0 spiro atoms. The molecular weight excluding hydrogens is 310 g/mol. The van der Waals surface area contributed by atoms with Gasteiger partial charge in [-0.2, -0.15) is 0 Å². The molecule has 0 radical (unpaired) electrons. The fourth-order valence-corrected chi connectivity index (χ4v) is 2.69. The number of nitrogens with one attached hydrogen (secondary N) is 1. The summed E-state index contributed by atoms with van der Waals surface area (Å²) in [6.07, 6.45) is 2.73. The number of benzene rings is 1. The van der Waals surface area contributed by atoms with Crippen LogP contribution in [0.5, 0.6) is 0 Å². The second-order valence-electron chi connectivity index (χ2n) is 5.52. The summed E-state index contributed by atoms with van der Waals surface area (Å²) in [5.74, 6) is 0. The Labute approximate surface area is 132 Å². The number of hydrogen-bond acceptors (Lipinski definition) is 3. The summed E-state index contributed by atoms with van der Waals surface area (Å²) in [6, 6.07) is 5.87. The highest BCUT2D eigenvalue weighted by molar-refractivity contribution is 6.30. The van der Waals surface area contributed by atoms with E-state index >= 15 is 0 Å². The number of nitrogens with zero attached hydrogens (tertiary/aromatic N) is 3. The van der Waals surface area contributed by atoms with Crippen LogP contribution < -0.4 is 5.32 Å². The van der Waals surface area contributed by atoms with Crippen LogP contribution in [0.25, 0.3) is 0 Å². The lowest BCUT2D eigenvalue weighted by Gasteiger charge is -2.24. The van der Waals surface area contributed by atoms with Crippen molar-refractivity contribution in [1.29, 1.82) is 0 Å². The first kappa shape index (κ1) is 15.4. The lowest BCUT2D eigenvalue weighted by Crippen LogP contribution is -2.27. The molecule has 1 saturated carbocycles. The lowest BCUT2D eigenvalue weighted by molar-refractivity contribution is 0.0973. The van der Waals surface area contributed by atoms with Crippen molar-refractivity contribution in [1.82, 2.24) is 20.3 Å². The maximum absolute atomic E-state index is 13.3. The van der Waals surface area contributed by atoms with Gasteiger partial charge in [-0.05, 0) is 37.0 Å². The van der Waals surface area contributed by atoms with E-state index < -0.39 is 12.5 Å². The first-order valence-electron chi connectivity index (χ1n) is 7.31. The van der Waals surface area contributed by atoms with E-state index in [-0.39, 0.29) is 6.54 Å². The van der Waals surface area contributed by atoms with Gasteiger partial charge >= 0.3 is 0 Å². The molecule has 1 aromatic carbocycles. The van der Waals surface area contributed by atoms with Gasteiger partial charge in [0.1, 0.15) is 0 Å². The predicted octanol–water partition coefficient (Wildman–Crippen LogP) is 3.75. The first-order chi connectivity index (χ1) is 10.6. The number of alkyl halides is 2. The minimum atomic E-state index is -2.53. The van der Waals surface area contributed by atoms with Gasteiger partial charge in [0.15, 0.2) is 0 Å². The molecule has 1 atom stereocenters. The summed E-state index contributed by atoms with van der Waals surface area (Å²) in [6.45, 7) is 0.244. The molecule has 22 heavy (non-hydrogen) atoms. The third-order valence-electron chi connectivity index (χ3n) is 3.97. The van der Waals surface area contributed by atoms with Crippen LogP contribution in [-0.4, -0.2) is 21.4 Å². The Morgan fingerprint density at radius 2 is 2.18 bits per heavy atom. The van der Waals surface area contributed by atoms with Crippen LogP contribution >= 0.6 is 11.6 Å². The van der Waals surface area contributed by atoms with Crippen LogP contribution in [0, 0.1) is 0 Å². The highest BCUT2D eigenvalue weighted by Crippen LogP contribution is 2.30. The molecule has 4 nitrogen and oxygen atoms in total. The quantitative estimate of drug-likeness (QED) is 0.879. The van der Waals surface area contributed by atoms with E-state index in [9.17, 15) is 8.78 Å². The van der Waals surface area contributed by atoms with Crippen LogP contribution in [0.1, 0.15) is 42.6 Å². The zero-order valence-electron chi connectivity index (χ0n) is 11.9. The van der Waals surface area contributed by atoms with Gasteiger partial charge in [0.05, 0.1) is 24.0 Å². The first-order valence-corrected chi connectivity index (χ1v) is 7.69. The SMILES string of the molecule is FC(F)[C@H](NCc1cn(C2CCC2)nn1)c1cccc(Cl)c1. The third kappa shape index (κ3) is 3.44. The zero-order chi connectivity index (χ0) is 15.5. The molecule has 118 valence electrons. The van der Waals surface area contributed by atoms with Crippen molar-refractivity contribution in [3.8, 4) is 0 Å². The average Bonchev–Trinajstić information content (AvgIpc) is 2.85. The number of rotatable bonds is 6. The van der Waals surface area contributed by atoms with Gasteiger partial charge in [-0.3, -0.25) is 5.32 Å². The molecule has 0 amide bonds. The average molecular weight is 327 g/mol. The van der Waals surface area contributed by atoms with E-state index in [1.807, 2.05) is 10.9 Å². The van der Waals surface area contributed by atoms with Crippen molar-refractivity contribution in [2.24, 2.45) is 0 Å². The van der Waals surface area contributed by atoms with Crippen molar-refractivity contribution in [2.45, 2.75) is 44.3 Å². The summed E-state index contributed by atoms with van der Waals surface area (Å²) >= 11 is 5.87. The second kappa shape index (κ2) is 6.71. The molecule has 1 aliphatic rings. The smallest absolute Gasteiger partial charge is 0.257 e. The minimum absolute atomic E-state index is 0.244. The Morgan fingerprint density at radius 1 is 1.36 bits per heavy atom. The van der Waals surface area contributed by atoms with Crippen molar-refractivity contribution in [2.75, 3.05) is 0 Å². The maximum atomic E-state index is 13.3. The van der Waals surface area contributed by atoms with Gasteiger partial charge in [0.25, 0.3) is 6.43 Å². The summed E-state index contributed by atoms with van der Waals surface area (Å²) in [7, 11) is 0. The Hall–Kier alpha value is -1.53. The lowest BCUT2D eigenvalue weighted by atomic mass is 9.93. The fourth-order valence-electron chi connectivity index (χ4n) is 2.49. The molecule has 0 aliphatic heterocycles. The van der Waals surface area contributed by atoms with Crippen LogP contribution in [0.2, 0.25) is 5.02 Å². The van der Waals surface area contributed by atoms with Gasteiger partial charge in [-0.15, -0.1) is 5.10 Å². The van der Waals surface area contributed by atoms with Gasteiger partial charge in [0, 0.05) is 11.6 Å². The monoisotopic (exact) mass is 326 g/mol. The topological polar surface area (TPSA) is 42.7 Å². The standard InChI is InChI=1S/C15H17ClF2N4/c16-11-4-1-3-10(7-11)14(15(17)18)19-8-12-9-22(21-20-12)13-5-2-6-13/h1,3-4,7,9,13-15,19H,2,5-6,8H2/t14-/m1/s1. The summed E-state index contributed by atoms with van der Waals surface area (Å²) in [5.41, 5.74) is 1.13. The van der Waals surface area contributed by atoms with E-state index in [4.69, 9.17) is 11.6 Å². The maximum Gasteiger partial charge on any atom is 0.257 e. The van der Waals surface area contributed by atoms with Crippen molar-refractivity contribution >= 4 is 11.6 Å². The fraction of sp³-hybridized carbons (Fsp3) is 0.467. The molecule has 1 N–H and O–H groups in total. The second-order valence-corrected chi connectivity index (χ2v) is 5.96. The summed E-state index contributed by atoms with van der Waals surface area (Å²) < 4.78 is 28.4. The molecule has 1 fully saturated rings. The van der Waals surface area contributed by atoms with Crippen LogP contribution in [-0.2, 0) is 6.54 Å². The Bertz CT molecular complexity index is 628. The Morgan fingerprint density at radius 3 is 2.82 bits per heavy atom. The molecule has 0 bridgehead atoms. The van der Waals surface area contributed by atoms with Gasteiger partial charge in [-0.25, -0.2) is 13.5 Å². The van der Waals surface area contributed by atoms with Crippen molar-refractivity contribution in [3.05, 3.63) is 46.7 Å². The summed E-state index contributed by atoms with van der Waals surface area (Å²) in [4.78, 5) is 0. The molecule has 0 unspecified atom stereocenters. The van der Waals surface area contributed by atoms with E-state index in [0.717, 1.165) is 12.8 Å². The van der Waals surface area contributed by atoms with E-state index in [1.54, 1.807) is 24.3 Å². The normalized spacial score (nSPS) is 16.7. The Kier molecular flexibility index (Phi) is 4.69. The molecule has 1 aromatic heterocycles. The highest BCUT2D eigenvalue weighted by atomic mass is 35.5. The molecule has 1 aliphatic carbocycles. The number of hydrogen-bond donors (Lipinski definition) is 1. The molecule has 1 heterocycles. The van der Waals surface area contributed by atoms with Gasteiger partial charge < -0.3 is 0 Å². The molecule has 2 aromatic rings. The highest BCUT2D eigenvalue weighted by Gasteiger charge is 2.24.